The van der Waals surface area contributed by atoms with Gasteiger partial charge in [-0.25, -0.2) is 4.98 Å². The Morgan fingerprint density at radius 3 is 2.78 bits per heavy atom. The van der Waals surface area contributed by atoms with Gasteiger partial charge in [-0.05, 0) is 43.0 Å². The average molecular weight is 455 g/mol. The smallest absolute Gasteiger partial charge is 0.254 e. The van der Waals surface area contributed by atoms with Gasteiger partial charge in [0.2, 0.25) is 11.8 Å². The summed E-state index contributed by atoms with van der Waals surface area (Å²) in [7, 11) is 1.49. The fraction of sp³-hybridized carbons (Fsp3) is 0.391. The highest BCUT2D eigenvalue weighted by Gasteiger charge is 2.37. The lowest BCUT2D eigenvalue weighted by atomic mass is 10.1. The molecular formula is C23H26N4O4S. The van der Waals surface area contributed by atoms with Gasteiger partial charge in [-0.15, -0.1) is 11.3 Å². The van der Waals surface area contributed by atoms with Crippen LogP contribution in [-0.2, 0) is 16.1 Å². The van der Waals surface area contributed by atoms with Crippen LogP contribution in [0, 0.1) is 6.92 Å². The molecule has 2 atom stereocenters. The molecule has 0 aliphatic carbocycles. The van der Waals surface area contributed by atoms with Crippen LogP contribution in [0.5, 0.6) is 5.88 Å². The normalized spacial score (nSPS) is 16.7. The number of aromatic nitrogens is 2. The zero-order chi connectivity index (χ0) is 22.7. The predicted octanol–water partition coefficient (Wildman–Crippen LogP) is 3.53. The maximum absolute atomic E-state index is 13.0. The average Bonchev–Trinajstić information content (AvgIpc) is 3.57. The van der Waals surface area contributed by atoms with Gasteiger partial charge in [0.25, 0.3) is 5.88 Å². The quantitative estimate of drug-likeness (QED) is 0.587. The number of carbonyl (C=O) groups is 2. The Kier molecular flexibility index (Phi) is 6.55. The van der Waals surface area contributed by atoms with E-state index in [0.717, 1.165) is 28.1 Å². The number of aryl methyl sites for hydroxylation is 1. The summed E-state index contributed by atoms with van der Waals surface area (Å²) in [6.45, 7) is 4.71. The molecule has 2 aromatic heterocycles. The number of benzene rings is 1. The molecule has 1 fully saturated rings. The molecule has 1 saturated heterocycles. The van der Waals surface area contributed by atoms with Crippen LogP contribution >= 0.6 is 11.3 Å². The van der Waals surface area contributed by atoms with Crippen molar-refractivity contribution in [3.63, 3.8) is 0 Å². The lowest BCUT2D eigenvalue weighted by molar-refractivity contribution is -0.139. The van der Waals surface area contributed by atoms with Gasteiger partial charge in [-0.3, -0.25) is 9.59 Å². The van der Waals surface area contributed by atoms with Crippen molar-refractivity contribution in [1.29, 1.82) is 0 Å². The van der Waals surface area contributed by atoms with Crippen molar-refractivity contribution in [1.82, 2.24) is 20.4 Å². The first-order valence-electron chi connectivity index (χ1n) is 10.6. The Hall–Kier alpha value is -3.20. The number of rotatable bonds is 7. The molecule has 1 N–H and O–H groups in total. The minimum absolute atomic E-state index is 0.138. The Morgan fingerprint density at radius 1 is 1.34 bits per heavy atom. The summed E-state index contributed by atoms with van der Waals surface area (Å²) < 4.78 is 10.2. The van der Waals surface area contributed by atoms with Gasteiger partial charge in [-0.2, -0.15) is 0 Å². The van der Waals surface area contributed by atoms with Crippen LogP contribution < -0.4 is 10.1 Å². The summed E-state index contributed by atoms with van der Waals surface area (Å²) in [6.07, 6.45) is 1.44. The third kappa shape index (κ3) is 4.52. The molecule has 2 amide bonds. The Balaban J connectivity index is 1.36. The molecule has 0 spiro atoms. The second kappa shape index (κ2) is 9.52. The largest absolute Gasteiger partial charge is 0.479 e. The Bertz CT molecular complexity index is 1090. The molecule has 32 heavy (non-hydrogen) atoms. The van der Waals surface area contributed by atoms with Gasteiger partial charge in [0.1, 0.15) is 6.04 Å². The van der Waals surface area contributed by atoms with Crippen molar-refractivity contribution in [2.24, 2.45) is 0 Å². The molecule has 8 nitrogen and oxygen atoms in total. The number of thiazole rings is 1. The van der Waals surface area contributed by atoms with Crippen molar-refractivity contribution in [2.45, 2.75) is 45.2 Å². The van der Waals surface area contributed by atoms with Crippen LogP contribution in [-0.4, -0.2) is 46.6 Å². The minimum Gasteiger partial charge on any atom is -0.479 e. The monoisotopic (exact) mass is 454 g/mol. The highest BCUT2D eigenvalue weighted by atomic mass is 32.1. The SMILES string of the molecule is COc1cc(C(C)C(=O)N2CCC[C@H]2C(=O)NCc2ccc(-c3scnc3C)cc2)on1. The number of hydrogen-bond donors (Lipinski definition) is 1. The standard InChI is InChI=1S/C23H26N4O4S/c1-14(19-11-20(30-3)26-31-19)23(29)27-10-4-5-18(27)22(28)24-12-16-6-8-17(9-7-16)21-15(2)25-13-32-21/h6-9,11,13-14,18H,4-5,10,12H2,1-3H3,(H,24,28)/t14?,18-/m0/s1. The van der Waals surface area contributed by atoms with Crippen molar-refractivity contribution >= 4 is 23.2 Å². The molecular weight excluding hydrogens is 428 g/mol. The van der Waals surface area contributed by atoms with Gasteiger partial charge in [0.15, 0.2) is 5.76 Å². The fourth-order valence-electron chi connectivity index (χ4n) is 3.91. The molecule has 0 bridgehead atoms. The second-order valence-electron chi connectivity index (χ2n) is 7.86. The fourth-order valence-corrected chi connectivity index (χ4v) is 4.72. The maximum atomic E-state index is 13.0. The van der Waals surface area contributed by atoms with E-state index in [1.165, 1.54) is 7.11 Å². The summed E-state index contributed by atoms with van der Waals surface area (Å²) >= 11 is 1.61. The first-order chi connectivity index (χ1) is 15.5. The first kappa shape index (κ1) is 22.0. The summed E-state index contributed by atoms with van der Waals surface area (Å²) in [5.74, 6) is -0.0742. The number of nitrogens with zero attached hydrogens (tertiary/aromatic N) is 3. The van der Waals surface area contributed by atoms with E-state index in [1.807, 2.05) is 36.7 Å². The van der Waals surface area contributed by atoms with Crippen LogP contribution in [0.1, 0.15) is 42.7 Å². The zero-order valence-electron chi connectivity index (χ0n) is 18.3. The topological polar surface area (TPSA) is 97.6 Å². The molecule has 3 heterocycles. The summed E-state index contributed by atoms with van der Waals surface area (Å²) in [5.41, 5.74) is 4.97. The Labute approximate surface area is 190 Å². The van der Waals surface area contributed by atoms with E-state index in [1.54, 1.807) is 29.2 Å². The number of nitrogens with one attached hydrogen (secondary N) is 1. The van der Waals surface area contributed by atoms with Crippen LogP contribution in [0.4, 0.5) is 0 Å². The van der Waals surface area contributed by atoms with Crippen molar-refractivity contribution in [3.05, 3.63) is 52.9 Å². The van der Waals surface area contributed by atoms with E-state index in [0.29, 0.717) is 31.2 Å². The molecule has 3 aromatic rings. The van der Waals surface area contributed by atoms with Crippen LogP contribution in [0.3, 0.4) is 0 Å². The summed E-state index contributed by atoms with van der Waals surface area (Å²) in [5, 5.41) is 6.74. The molecule has 1 aliphatic heterocycles. The summed E-state index contributed by atoms with van der Waals surface area (Å²) in [6, 6.07) is 9.22. The molecule has 1 aliphatic rings. The van der Waals surface area contributed by atoms with Crippen LogP contribution in [0.25, 0.3) is 10.4 Å². The van der Waals surface area contributed by atoms with E-state index in [2.05, 4.69) is 15.5 Å². The molecule has 1 unspecified atom stereocenters. The first-order valence-corrected chi connectivity index (χ1v) is 11.4. The predicted molar refractivity (Wildman–Crippen MR) is 120 cm³/mol. The highest BCUT2D eigenvalue weighted by molar-refractivity contribution is 7.13. The van der Waals surface area contributed by atoms with Crippen LogP contribution in [0.15, 0.2) is 40.4 Å². The van der Waals surface area contributed by atoms with Crippen molar-refractivity contribution < 1.29 is 18.8 Å². The summed E-state index contributed by atoms with van der Waals surface area (Å²) in [4.78, 5) is 33.0. The molecule has 4 rings (SSSR count). The van der Waals surface area contributed by atoms with E-state index in [9.17, 15) is 9.59 Å². The van der Waals surface area contributed by atoms with E-state index >= 15 is 0 Å². The van der Waals surface area contributed by atoms with Gasteiger partial charge < -0.3 is 19.5 Å². The molecule has 168 valence electrons. The number of methoxy groups -OCH3 is 1. The minimum atomic E-state index is -0.539. The number of likely N-dealkylation sites (tertiary alicyclic amines) is 1. The van der Waals surface area contributed by atoms with Gasteiger partial charge in [0, 0.05) is 19.2 Å². The van der Waals surface area contributed by atoms with Crippen molar-refractivity contribution in [3.8, 4) is 16.3 Å². The van der Waals surface area contributed by atoms with E-state index in [4.69, 9.17) is 9.26 Å². The third-order valence-electron chi connectivity index (χ3n) is 5.78. The number of hydrogen-bond acceptors (Lipinski definition) is 7. The number of amides is 2. The van der Waals surface area contributed by atoms with E-state index < -0.39 is 12.0 Å². The van der Waals surface area contributed by atoms with Crippen LogP contribution in [0.2, 0.25) is 0 Å². The molecule has 0 saturated carbocycles. The Morgan fingerprint density at radius 2 is 2.12 bits per heavy atom. The lowest BCUT2D eigenvalue weighted by Crippen LogP contribution is -2.46. The van der Waals surface area contributed by atoms with Gasteiger partial charge in [-0.1, -0.05) is 24.3 Å². The zero-order valence-corrected chi connectivity index (χ0v) is 19.1. The second-order valence-corrected chi connectivity index (χ2v) is 8.72. The lowest BCUT2D eigenvalue weighted by Gasteiger charge is -2.26. The van der Waals surface area contributed by atoms with Gasteiger partial charge >= 0.3 is 0 Å². The number of carbonyl (C=O) groups excluding carboxylic acids is 2. The highest BCUT2D eigenvalue weighted by Crippen LogP contribution is 2.28. The van der Waals surface area contributed by atoms with E-state index in [-0.39, 0.29) is 11.8 Å². The molecule has 1 aromatic carbocycles. The third-order valence-corrected chi connectivity index (χ3v) is 6.76. The molecule has 9 heteroatoms. The molecule has 0 radical (unpaired) electrons. The maximum Gasteiger partial charge on any atom is 0.254 e. The van der Waals surface area contributed by atoms with Gasteiger partial charge in [0.05, 0.1) is 29.1 Å². The van der Waals surface area contributed by atoms with Crippen molar-refractivity contribution in [2.75, 3.05) is 13.7 Å². The number of ether oxygens (including phenoxy) is 1.